The highest BCUT2D eigenvalue weighted by Gasteiger charge is 1.91. The fourth-order valence-electron chi connectivity index (χ4n) is 1.49. The molecule has 0 aliphatic rings. The van der Waals surface area contributed by atoms with Gasteiger partial charge in [0.05, 0.1) is 0 Å². The number of aryl methyl sites for hydroxylation is 2. The fourth-order valence-corrected chi connectivity index (χ4v) is 1.49. The van der Waals surface area contributed by atoms with Crippen LogP contribution in [-0.2, 0) is 0 Å². The van der Waals surface area contributed by atoms with Crippen molar-refractivity contribution in [2.75, 3.05) is 0 Å². The lowest BCUT2D eigenvalue weighted by Crippen LogP contribution is -1.74. The highest BCUT2D eigenvalue weighted by Crippen LogP contribution is 2.19. The maximum atomic E-state index is 4.39. The predicted molar refractivity (Wildman–Crippen MR) is 46.7 cm³/mol. The molecule has 0 amide bonds. The number of fused-ring (bicyclic) bond motifs is 1. The van der Waals surface area contributed by atoms with E-state index in [1.165, 1.54) is 10.8 Å². The summed E-state index contributed by atoms with van der Waals surface area (Å²) in [6, 6.07) is 8.34. The summed E-state index contributed by atoms with van der Waals surface area (Å²) < 4.78 is 0. The van der Waals surface area contributed by atoms with Gasteiger partial charge >= 0.3 is 0 Å². The lowest BCUT2D eigenvalue weighted by atomic mass is 10.1. The lowest BCUT2D eigenvalue weighted by molar-refractivity contribution is 1.17. The van der Waals surface area contributed by atoms with Crippen LogP contribution in [-0.4, -0.2) is 0 Å². The number of rotatable bonds is 0. The summed E-state index contributed by atoms with van der Waals surface area (Å²) in [6.07, 6.45) is 0. The van der Waals surface area contributed by atoms with Gasteiger partial charge in [0.2, 0.25) is 0 Å². The summed E-state index contributed by atoms with van der Waals surface area (Å²) in [5.41, 5.74) is 2.27. The van der Waals surface area contributed by atoms with Crippen LogP contribution < -0.4 is 4.98 Å². The highest BCUT2D eigenvalue weighted by atomic mass is 14.7. The molecule has 0 saturated carbocycles. The molecule has 56 valence electrons. The molecule has 1 aromatic carbocycles. The first-order chi connectivity index (χ1) is 5.29. The predicted octanol–water partition coefficient (Wildman–Crippen LogP) is 2.41. The molecule has 0 radical (unpaired) electrons. The van der Waals surface area contributed by atoms with Crippen molar-refractivity contribution >= 4 is 10.8 Å². The molecule has 1 nitrogen and oxygen atoms in total. The van der Waals surface area contributed by atoms with Crippen molar-refractivity contribution in [1.82, 2.24) is 4.98 Å². The van der Waals surface area contributed by atoms with Gasteiger partial charge in [-0.05, 0) is 10.8 Å². The molecule has 0 bridgehead atoms. The van der Waals surface area contributed by atoms with E-state index < -0.39 is 0 Å². The molecule has 0 spiro atoms. The van der Waals surface area contributed by atoms with Crippen LogP contribution in [0.15, 0.2) is 24.3 Å². The third-order valence-electron chi connectivity index (χ3n) is 2.04. The van der Waals surface area contributed by atoms with Crippen molar-refractivity contribution in [3.63, 3.8) is 0 Å². The molecule has 1 aromatic heterocycles. The number of hydrogen-bond donors (Lipinski definition) is 0. The normalized spacial score (nSPS) is 10.7. The molecule has 0 aliphatic heterocycles. The van der Waals surface area contributed by atoms with Crippen molar-refractivity contribution in [1.29, 1.82) is 0 Å². The van der Waals surface area contributed by atoms with E-state index in [0.29, 0.717) is 0 Å². The first kappa shape index (κ1) is 6.47. The Kier molecular flexibility index (Phi) is 1.25. The fraction of sp³-hybridized carbons (Fsp3) is 0.200. The molecule has 0 aliphatic carbocycles. The largest absolute Gasteiger partial charge is 0.664 e. The van der Waals surface area contributed by atoms with Gasteiger partial charge in [0.15, 0.2) is 0 Å². The Hall–Kier alpha value is -1.24. The second-order valence-corrected chi connectivity index (χ2v) is 2.83. The van der Waals surface area contributed by atoms with Crippen LogP contribution in [0.4, 0.5) is 0 Å². The van der Waals surface area contributed by atoms with Crippen molar-refractivity contribution in [2.24, 2.45) is 0 Å². The Balaban J connectivity index is 2.95. The highest BCUT2D eigenvalue weighted by molar-refractivity contribution is 5.87. The van der Waals surface area contributed by atoms with Gasteiger partial charge in [0, 0.05) is 0 Å². The third kappa shape index (κ3) is 0.845. The maximum absolute atomic E-state index is 4.39. The van der Waals surface area contributed by atoms with E-state index in [1.54, 1.807) is 0 Å². The number of nitrogens with zero attached hydrogens (tertiary/aromatic N) is 1. The zero-order valence-electron chi connectivity index (χ0n) is 6.76. The SMILES string of the molecule is Cc1[n-]c(C)c2ccccc12. The van der Waals surface area contributed by atoms with Gasteiger partial charge in [-0.2, -0.15) is 11.4 Å². The second kappa shape index (κ2) is 2.12. The molecule has 0 fully saturated rings. The summed E-state index contributed by atoms with van der Waals surface area (Å²) >= 11 is 0. The van der Waals surface area contributed by atoms with Crippen molar-refractivity contribution in [3.05, 3.63) is 35.7 Å². The molecule has 1 heterocycles. The van der Waals surface area contributed by atoms with Crippen molar-refractivity contribution in [3.8, 4) is 0 Å². The van der Waals surface area contributed by atoms with Crippen LogP contribution in [0.3, 0.4) is 0 Å². The minimum atomic E-state index is 1.14. The molecule has 2 rings (SSSR count). The third-order valence-corrected chi connectivity index (χ3v) is 2.04. The summed E-state index contributed by atoms with van der Waals surface area (Å²) in [6.45, 7) is 4.10. The monoisotopic (exact) mass is 144 g/mol. The van der Waals surface area contributed by atoms with Gasteiger partial charge in [-0.1, -0.05) is 38.1 Å². The Bertz CT molecular complexity index is 349. The topological polar surface area (TPSA) is 14.1 Å². The molecule has 0 unspecified atom stereocenters. The van der Waals surface area contributed by atoms with Gasteiger partial charge in [-0.25, -0.2) is 0 Å². The first-order valence-electron chi connectivity index (χ1n) is 3.77. The molecule has 2 aromatic rings. The van der Waals surface area contributed by atoms with E-state index in [4.69, 9.17) is 0 Å². The number of hydrogen-bond acceptors (Lipinski definition) is 0. The minimum Gasteiger partial charge on any atom is -0.664 e. The van der Waals surface area contributed by atoms with Crippen LogP contribution in [0.2, 0.25) is 0 Å². The minimum absolute atomic E-state index is 1.14. The van der Waals surface area contributed by atoms with Gasteiger partial charge in [-0.15, -0.1) is 0 Å². The first-order valence-corrected chi connectivity index (χ1v) is 3.77. The standard InChI is InChI=1S/C10H10N/c1-7-9-5-3-4-6-10(9)8(2)11-7/h3-6H,1-2H3/q-1. The van der Waals surface area contributed by atoms with E-state index in [-0.39, 0.29) is 0 Å². The van der Waals surface area contributed by atoms with Gasteiger partial charge < -0.3 is 4.98 Å². The molecular formula is C10H10N-. The molecule has 1 heteroatoms. The van der Waals surface area contributed by atoms with Gasteiger partial charge in [-0.3, -0.25) is 0 Å². The van der Waals surface area contributed by atoms with E-state index in [1.807, 2.05) is 0 Å². The lowest BCUT2D eigenvalue weighted by Gasteiger charge is -1.97. The average molecular weight is 144 g/mol. The quantitative estimate of drug-likeness (QED) is 0.553. The smallest absolute Gasteiger partial charge is 0.0389 e. The maximum Gasteiger partial charge on any atom is -0.0389 e. The Labute approximate surface area is 66.1 Å². The summed E-state index contributed by atoms with van der Waals surface area (Å²) in [5, 5.41) is 2.56. The van der Waals surface area contributed by atoms with Crippen LogP contribution in [0.5, 0.6) is 0 Å². The van der Waals surface area contributed by atoms with Gasteiger partial charge in [0.1, 0.15) is 0 Å². The molecule has 0 N–H and O–H groups in total. The van der Waals surface area contributed by atoms with E-state index in [0.717, 1.165) is 11.4 Å². The zero-order valence-corrected chi connectivity index (χ0v) is 6.76. The van der Waals surface area contributed by atoms with Crippen molar-refractivity contribution in [2.45, 2.75) is 13.8 Å². The van der Waals surface area contributed by atoms with Gasteiger partial charge in [0.25, 0.3) is 0 Å². The Morgan fingerprint density at radius 1 is 0.909 bits per heavy atom. The Morgan fingerprint density at radius 3 is 1.82 bits per heavy atom. The zero-order chi connectivity index (χ0) is 7.84. The second-order valence-electron chi connectivity index (χ2n) is 2.83. The van der Waals surface area contributed by atoms with Crippen LogP contribution >= 0.6 is 0 Å². The summed E-state index contributed by atoms with van der Waals surface area (Å²) in [7, 11) is 0. The molecule has 0 atom stereocenters. The molecular weight excluding hydrogens is 134 g/mol. The number of aromatic nitrogens is 1. The van der Waals surface area contributed by atoms with E-state index in [9.17, 15) is 0 Å². The molecule has 0 saturated heterocycles. The van der Waals surface area contributed by atoms with Crippen LogP contribution in [0, 0.1) is 13.8 Å². The van der Waals surface area contributed by atoms with E-state index >= 15 is 0 Å². The van der Waals surface area contributed by atoms with Crippen molar-refractivity contribution < 1.29 is 0 Å². The van der Waals surface area contributed by atoms with Crippen LogP contribution in [0.25, 0.3) is 10.8 Å². The number of benzene rings is 1. The average Bonchev–Trinajstić information content (AvgIpc) is 2.30. The molecule has 11 heavy (non-hydrogen) atoms. The van der Waals surface area contributed by atoms with E-state index in [2.05, 4.69) is 43.1 Å². The van der Waals surface area contributed by atoms with Crippen LogP contribution in [0.1, 0.15) is 11.4 Å². The Morgan fingerprint density at radius 2 is 1.36 bits per heavy atom. The summed E-state index contributed by atoms with van der Waals surface area (Å²) in [4.78, 5) is 4.39. The summed E-state index contributed by atoms with van der Waals surface area (Å²) in [5.74, 6) is 0.